The van der Waals surface area contributed by atoms with Crippen molar-refractivity contribution in [1.29, 1.82) is 0 Å². The third kappa shape index (κ3) is 5.80. The van der Waals surface area contributed by atoms with Gasteiger partial charge < -0.3 is 23.4 Å². The number of rotatable bonds is 9. The minimum absolute atomic E-state index is 0.162. The molecule has 0 spiro atoms. The molecule has 0 aliphatic carbocycles. The van der Waals surface area contributed by atoms with Crippen LogP contribution in [0.5, 0.6) is 11.5 Å². The molecule has 3 heterocycles. The molecule has 1 aliphatic heterocycles. The number of thiazole rings is 1. The number of halogens is 1. The number of aromatic nitrogens is 1. The average Bonchev–Trinajstić information content (AvgIpc) is 3.60. The SMILES string of the molecule is CCOC(=O)C1=C(C)N=c2s/c(=C\c3ccc(-c4ccc(Cl)c(C(=O)OC)c4)o3)c(=O)n2[C@H]1c1ccc(OC)c(OCC)c1. The molecular formula is C32H29ClN2O8S. The van der Waals surface area contributed by atoms with Gasteiger partial charge in [0.2, 0.25) is 0 Å². The topological polar surface area (TPSA) is 119 Å². The van der Waals surface area contributed by atoms with E-state index >= 15 is 0 Å². The number of esters is 2. The molecule has 2 aromatic carbocycles. The Kier molecular flexibility index (Phi) is 9.07. The van der Waals surface area contributed by atoms with Crippen molar-refractivity contribution in [3.63, 3.8) is 0 Å². The van der Waals surface area contributed by atoms with Crippen LogP contribution in [0.2, 0.25) is 5.02 Å². The van der Waals surface area contributed by atoms with Crippen LogP contribution in [0.15, 0.2) is 74.0 Å². The molecule has 44 heavy (non-hydrogen) atoms. The molecule has 10 nitrogen and oxygen atoms in total. The van der Waals surface area contributed by atoms with Crippen molar-refractivity contribution in [3.05, 3.63) is 101 Å². The van der Waals surface area contributed by atoms with E-state index in [0.717, 1.165) is 0 Å². The van der Waals surface area contributed by atoms with Gasteiger partial charge in [-0.05, 0) is 68.8 Å². The second kappa shape index (κ2) is 12.9. The van der Waals surface area contributed by atoms with Crippen molar-refractivity contribution in [2.75, 3.05) is 27.4 Å². The van der Waals surface area contributed by atoms with Crippen LogP contribution in [-0.2, 0) is 14.3 Å². The highest BCUT2D eigenvalue weighted by molar-refractivity contribution is 7.07. The summed E-state index contributed by atoms with van der Waals surface area (Å²) >= 11 is 7.33. The lowest BCUT2D eigenvalue weighted by molar-refractivity contribution is -0.139. The fourth-order valence-corrected chi connectivity index (χ4v) is 6.12. The molecule has 1 aliphatic rings. The zero-order valence-electron chi connectivity index (χ0n) is 24.6. The first-order chi connectivity index (χ1) is 21.2. The van der Waals surface area contributed by atoms with Gasteiger partial charge in [0.25, 0.3) is 5.56 Å². The van der Waals surface area contributed by atoms with Crippen LogP contribution < -0.4 is 24.4 Å². The standard InChI is InChI=1S/C32H29ClN2O8S/c1-6-41-25-15-19(9-12-24(25)39-4)28-27(31(38)42-7-2)17(3)34-32-35(28)29(36)26(44-32)16-20-10-13-23(43-20)18-8-11-22(33)21(14-18)30(37)40-5/h8-16,28H,6-7H2,1-5H3/b26-16-/t28-/m0/s1. The van der Waals surface area contributed by atoms with Crippen LogP contribution in [0.4, 0.5) is 0 Å². The molecule has 228 valence electrons. The third-order valence-corrected chi connectivity index (χ3v) is 8.19. The molecule has 0 saturated carbocycles. The number of hydrogen-bond acceptors (Lipinski definition) is 10. The molecule has 5 rings (SSSR count). The maximum absolute atomic E-state index is 14.0. The van der Waals surface area contributed by atoms with Crippen molar-refractivity contribution in [2.24, 2.45) is 4.99 Å². The highest BCUT2D eigenvalue weighted by Crippen LogP contribution is 2.36. The molecule has 0 amide bonds. The Balaban J connectivity index is 1.62. The van der Waals surface area contributed by atoms with Gasteiger partial charge in [-0.1, -0.05) is 29.0 Å². The molecule has 0 unspecified atom stereocenters. The fourth-order valence-electron chi connectivity index (χ4n) is 4.90. The first kappa shape index (κ1) is 30.8. The smallest absolute Gasteiger partial charge is 0.339 e. The monoisotopic (exact) mass is 636 g/mol. The van der Waals surface area contributed by atoms with Gasteiger partial charge in [-0.2, -0.15) is 0 Å². The lowest BCUT2D eigenvalue weighted by Crippen LogP contribution is -2.39. The van der Waals surface area contributed by atoms with Gasteiger partial charge in [-0.3, -0.25) is 9.36 Å². The molecule has 0 N–H and O–H groups in total. The van der Waals surface area contributed by atoms with E-state index in [9.17, 15) is 14.4 Å². The van der Waals surface area contributed by atoms with Crippen LogP contribution in [0, 0.1) is 0 Å². The van der Waals surface area contributed by atoms with Gasteiger partial charge in [0, 0.05) is 11.6 Å². The molecular weight excluding hydrogens is 608 g/mol. The van der Waals surface area contributed by atoms with E-state index in [1.54, 1.807) is 75.6 Å². The summed E-state index contributed by atoms with van der Waals surface area (Å²) < 4.78 is 29.3. The van der Waals surface area contributed by atoms with Gasteiger partial charge in [0.05, 0.1) is 59.9 Å². The molecule has 0 bridgehead atoms. The Bertz CT molecular complexity index is 1970. The van der Waals surface area contributed by atoms with E-state index < -0.39 is 18.0 Å². The number of ether oxygens (including phenoxy) is 4. The third-order valence-electron chi connectivity index (χ3n) is 6.88. The Hall–Kier alpha value is -4.61. The number of fused-ring (bicyclic) bond motifs is 1. The van der Waals surface area contributed by atoms with Gasteiger partial charge in [-0.15, -0.1) is 0 Å². The number of benzene rings is 2. The maximum atomic E-state index is 14.0. The highest BCUT2D eigenvalue weighted by atomic mass is 35.5. The number of carbonyl (C=O) groups is 2. The van der Waals surface area contributed by atoms with Crippen LogP contribution in [0.1, 0.15) is 48.5 Å². The van der Waals surface area contributed by atoms with Crippen LogP contribution >= 0.6 is 22.9 Å². The number of methoxy groups -OCH3 is 2. The summed E-state index contributed by atoms with van der Waals surface area (Å²) in [6.07, 6.45) is 1.62. The number of furan rings is 1. The second-order valence-corrected chi connectivity index (χ2v) is 11.0. The molecule has 4 aromatic rings. The Morgan fingerprint density at radius 2 is 1.84 bits per heavy atom. The van der Waals surface area contributed by atoms with Crippen LogP contribution in [-0.4, -0.2) is 43.9 Å². The quantitative estimate of drug-likeness (QED) is 0.238. The zero-order chi connectivity index (χ0) is 31.5. The minimum atomic E-state index is -0.824. The normalized spacial score (nSPS) is 14.6. The molecule has 12 heteroatoms. The van der Waals surface area contributed by atoms with Crippen molar-refractivity contribution >= 4 is 41.0 Å². The summed E-state index contributed by atoms with van der Waals surface area (Å²) in [6, 6.07) is 12.8. The summed E-state index contributed by atoms with van der Waals surface area (Å²) in [5, 5.41) is 0.255. The Labute approximate surface area is 261 Å². The summed E-state index contributed by atoms with van der Waals surface area (Å²) in [7, 11) is 2.82. The van der Waals surface area contributed by atoms with E-state index in [0.29, 0.717) is 55.8 Å². The fraction of sp³-hybridized carbons (Fsp3) is 0.250. The largest absolute Gasteiger partial charge is 0.493 e. The summed E-state index contributed by atoms with van der Waals surface area (Å²) in [5.74, 6) is 0.739. The van der Waals surface area contributed by atoms with E-state index in [4.69, 9.17) is 35.0 Å². The average molecular weight is 637 g/mol. The van der Waals surface area contributed by atoms with E-state index in [2.05, 4.69) is 4.99 Å². The lowest BCUT2D eigenvalue weighted by Gasteiger charge is -2.25. The van der Waals surface area contributed by atoms with E-state index in [-0.39, 0.29) is 28.3 Å². The molecule has 2 aromatic heterocycles. The van der Waals surface area contributed by atoms with Gasteiger partial charge >= 0.3 is 11.9 Å². The van der Waals surface area contributed by atoms with Crippen molar-refractivity contribution in [1.82, 2.24) is 4.57 Å². The number of allylic oxidation sites excluding steroid dienone is 1. The van der Waals surface area contributed by atoms with Gasteiger partial charge in [0.15, 0.2) is 16.3 Å². The van der Waals surface area contributed by atoms with E-state index in [1.807, 2.05) is 6.92 Å². The zero-order valence-corrected chi connectivity index (χ0v) is 26.2. The first-order valence-corrected chi connectivity index (χ1v) is 14.9. The summed E-state index contributed by atoms with van der Waals surface area (Å²) in [6.45, 7) is 5.85. The lowest BCUT2D eigenvalue weighted by atomic mass is 9.95. The number of carbonyl (C=O) groups excluding carboxylic acids is 2. The highest BCUT2D eigenvalue weighted by Gasteiger charge is 2.34. The Morgan fingerprint density at radius 1 is 1.05 bits per heavy atom. The minimum Gasteiger partial charge on any atom is -0.493 e. The second-order valence-electron chi connectivity index (χ2n) is 9.53. The first-order valence-electron chi connectivity index (χ1n) is 13.7. The van der Waals surface area contributed by atoms with Crippen LogP contribution in [0.25, 0.3) is 17.4 Å². The maximum Gasteiger partial charge on any atom is 0.339 e. The van der Waals surface area contributed by atoms with Crippen molar-refractivity contribution < 1.29 is 33.0 Å². The predicted octanol–water partition coefficient (Wildman–Crippen LogP) is 4.91. The van der Waals surface area contributed by atoms with E-state index in [1.165, 1.54) is 23.0 Å². The predicted molar refractivity (Wildman–Crippen MR) is 165 cm³/mol. The Morgan fingerprint density at radius 3 is 2.55 bits per heavy atom. The van der Waals surface area contributed by atoms with Crippen molar-refractivity contribution in [3.8, 4) is 22.8 Å². The number of hydrogen-bond donors (Lipinski definition) is 0. The van der Waals surface area contributed by atoms with Gasteiger partial charge in [-0.25, -0.2) is 14.6 Å². The molecule has 1 atom stereocenters. The molecule has 0 fully saturated rings. The van der Waals surface area contributed by atoms with Gasteiger partial charge in [0.1, 0.15) is 11.5 Å². The summed E-state index contributed by atoms with van der Waals surface area (Å²) in [4.78, 5) is 44.3. The van der Waals surface area contributed by atoms with Crippen LogP contribution in [0.3, 0.4) is 0 Å². The summed E-state index contributed by atoms with van der Waals surface area (Å²) in [5.41, 5.74) is 1.78. The molecule has 0 saturated heterocycles. The molecule has 0 radical (unpaired) electrons. The van der Waals surface area contributed by atoms with Crippen molar-refractivity contribution in [2.45, 2.75) is 26.8 Å². The number of nitrogens with zero attached hydrogens (tertiary/aromatic N) is 2.